The van der Waals surface area contributed by atoms with Crippen molar-refractivity contribution in [3.8, 4) is 0 Å². The van der Waals surface area contributed by atoms with Crippen LogP contribution < -0.4 is 0 Å². The van der Waals surface area contributed by atoms with Gasteiger partial charge in [-0.2, -0.15) is 0 Å². The first-order valence-corrected chi connectivity index (χ1v) is 10.0. The lowest BCUT2D eigenvalue weighted by Crippen LogP contribution is -2.78. The average molecular weight is 378 g/mol. The number of aliphatic hydroxyl groups is 1. The van der Waals surface area contributed by atoms with Crippen molar-refractivity contribution in [1.29, 1.82) is 0 Å². The molecule has 146 valence electrons. The molecule has 1 N–H and O–H groups in total. The highest BCUT2D eigenvalue weighted by Crippen LogP contribution is 2.39. The zero-order valence-electron chi connectivity index (χ0n) is 15.9. The van der Waals surface area contributed by atoms with E-state index < -0.39 is 0 Å². The van der Waals surface area contributed by atoms with Gasteiger partial charge in [-0.05, 0) is 24.1 Å². The SMILES string of the molecule is O=C(c1cccnc1)N1CC2(CN(Cc3ccccc3)C[C@@H]3C[C@@H](O)CN32)C1. The fourth-order valence-corrected chi connectivity index (χ4v) is 5.24. The Balaban J connectivity index is 1.33. The molecule has 1 amide bonds. The number of pyridine rings is 1. The Kier molecular flexibility index (Phi) is 4.42. The minimum Gasteiger partial charge on any atom is -0.392 e. The van der Waals surface area contributed by atoms with E-state index in [1.807, 2.05) is 17.0 Å². The number of carbonyl (C=O) groups excluding carboxylic acids is 1. The highest BCUT2D eigenvalue weighted by Gasteiger charge is 2.57. The molecule has 2 atom stereocenters. The van der Waals surface area contributed by atoms with Gasteiger partial charge in [0.2, 0.25) is 0 Å². The molecule has 0 aliphatic carbocycles. The Labute approximate surface area is 165 Å². The van der Waals surface area contributed by atoms with Gasteiger partial charge in [0.05, 0.1) is 17.2 Å². The number of likely N-dealkylation sites (tertiary alicyclic amines) is 1. The lowest BCUT2D eigenvalue weighted by atomic mass is 9.83. The van der Waals surface area contributed by atoms with Crippen molar-refractivity contribution in [1.82, 2.24) is 19.7 Å². The lowest BCUT2D eigenvalue weighted by Gasteiger charge is -2.61. The van der Waals surface area contributed by atoms with E-state index in [4.69, 9.17) is 0 Å². The van der Waals surface area contributed by atoms with E-state index >= 15 is 0 Å². The first kappa shape index (κ1) is 17.8. The normalized spacial score (nSPS) is 26.8. The standard InChI is InChI=1S/C22H26N4O2/c27-20-9-19-12-24(11-17-5-2-1-3-6-17)14-22(26(19)13-20)15-25(16-22)21(28)18-7-4-8-23-10-18/h1-8,10,19-20,27H,9,11-16H2/t19-,20+/m0/s1. The van der Waals surface area contributed by atoms with Crippen LogP contribution in [0.4, 0.5) is 0 Å². The molecule has 3 aliphatic heterocycles. The Bertz CT molecular complexity index is 838. The number of aliphatic hydroxyl groups excluding tert-OH is 1. The van der Waals surface area contributed by atoms with Crippen molar-refractivity contribution >= 4 is 5.91 Å². The number of fused-ring (bicyclic) bond motifs is 2. The molecule has 4 heterocycles. The van der Waals surface area contributed by atoms with E-state index in [9.17, 15) is 9.90 Å². The number of hydrogen-bond donors (Lipinski definition) is 1. The number of benzene rings is 1. The summed E-state index contributed by atoms with van der Waals surface area (Å²) in [4.78, 5) is 23.8. The van der Waals surface area contributed by atoms with Crippen LogP contribution in [0.3, 0.4) is 0 Å². The molecule has 2 aromatic rings. The molecule has 0 bridgehead atoms. The molecule has 1 aromatic carbocycles. The maximum absolute atomic E-state index is 12.8. The summed E-state index contributed by atoms with van der Waals surface area (Å²) in [6, 6.07) is 14.5. The summed E-state index contributed by atoms with van der Waals surface area (Å²) in [5.41, 5.74) is 1.91. The molecule has 1 aromatic heterocycles. The van der Waals surface area contributed by atoms with Gasteiger partial charge in [0, 0.05) is 57.7 Å². The predicted molar refractivity (Wildman–Crippen MR) is 106 cm³/mol. The van der Waals surface area contributed by atoms with Crippen LogP contribution in [-0.2, 0) is 6.54 Å². The molecule has 0 saturated carbocycles. The van der Waals surface area contributed by atoms with Crippen molar-refractivity contribution in [3.63, 3.8) is 0 Å². The van der Waals surface area contributed by atoms with Gasteiger partial charge in [-0.15, -0.1) is 0 Å². The number of piperazine rings is 1. The number of aromatic nitrogens is 1. The Hall–Kier alpha value is -2.28. The van der Waals surface area contributed by atoms with Gasteiger partial charge in [-0.25, -0.2) is 0 Å². The third-order valence-electron chi connectivity index (χ3n) is 6.40. The molecular formula is C22H26N4O2. The molecule has 0 unspecified atom stereocenters. The minimum atomic E-state index is -0.262. The maximum Gasteiger partial charge on any atom is 0.255 e. The van der Waals surface area contributed by atoms with Crippen LogP contribution in [0.25, 0.3) is 0 Å². The monoisotopic (exact) mass is 378 g/mol. The molecule has 5 rings (SSSR count). The smallest absolute Gasteiger partial charge is 0.255 e. The van der Waals surface area contributed by atoms with Crippen molar-refractivity contribution in [3.05, 3.63) is 66.0 Å². The first-order chi connectivity index (χ1) is 13.6. The van der Waals surface area contributed by atoms with Gasteiger partial charge in [0.25, 0.3) is 5.91 Å². The predicted octanol–water partition coefficient (Wildman–Crippen LogP) is 1.23. The molecule has 6 nitrogen and oxygen atoms in total. The van der Waals surface area contributed by atoms with Gasteiger partial charge in [0.15, 0.2) is 0 Å². The van der Waals surface area contributed by atoms with Crippen molar-refractivity contribution in [2.24, 2.45) is 0 Å². The van der Waals surface area contributed by atoms with Gasteiger partial charge < -0.3 is 10.0 Å². The zero-order chi connectivity index (χ0) is 19.1. The van der Waals surface area contributed by atoms with Gasteiger partial charge in [0.1, 0.15) is 0 Å². The van der Waals surface area contributed by atoms with E-state index in [0.717, 1.165) is 45.7 Å². The van der Waals surface area contributed by atoms with Crippen LogP contribution in [0.15, 0.2) is 54.9 Å². The fraction of sp³-hybridized carbons (Fsp3) is 0.455. The lowest BCUT2D eigenvalue weighted by molar-refractivity contribution is -0.102. The molecule has 3 saturated heterocycles. The average Bonchev–Trinajstić information content (AvgIpc) is 3.07. The second kappa shape index (κ2) is 6.95. The molecular weight excluding hydrogens is 352 g/mol. The Morgan fingerprint density at radius 3 is 2.68 bits per heavy atom. The Morgan fingerprint density at radius 1 is 1.11 bits per heavy atom. The van der Waals surface area contributed by atoms with E-state index in [-0.39, 0.29) is 17.6 Å². The van der Waals surface area contributed by atoms with Crippen LogP contribution in [-0.4, -0.2) is 81.1 Å². The highest BCUT2D eigenvalue weighted by molar-refractivity contribution is 5.94. The van der Waals surface area contributed by atoms with Gasteiger partial charge in [-0.1, -0.05) is 30.3 Å². The molecule has 1 spiro atoms. The topological polar surface area (TPSA) is 59.9 Å². The van der Waals surface area contributed by atoms with Crippen LogP contribution in [0, 0.1) is 0 Å². The molecule has 3 aliphatic rings. The van der Waals surface area contributed by atoms with Crippen molar-refractivity contribution < 1.29 is 9.90 Å². The summed E-state index contributed by atoms with van der Waals surface area (Å²) >= 11 is 0. The quantitative estimate of drug-likeness (QED) is 0.871. The van der Waals surface area contributed by atoms with E-state index in [1.165, 1.54) is 5.56 Å². The number of β-amino-alcohol motifs (C(OH)–C–C–N with tert-alkyl or cyclic N) is 1. The number of rotatable bonds is 3. The van der Waals surface area contributed by atoms with E-state index in [0.29, 0.717) is 11.6 Å². The third-order valence-corrected chi connectivity index (χ3v) is 6.40. The largest absolute Gasteiger partial charge is 0.392 e. The van der Waals surface area contributed by atoms with Crippen molar-refractivity contribution in [2.45, 2.75) is 30.7 Å². The fourth-order valence-electron chi connectivity index (χ4n) is 5.24. The van der Waals surface area contributed by atoms with Crippen molar-refractivity contribution in [2.75, 3.05) is 32.7 Å². The summed E-state index contributed by atoms with van der Waals surface area (Å²) in [6.07, 6.45) is 3.89. The molecule has 3 fully saturated rings. The molecule has 28 heavy (non-hydrogen) atoms. The van der Waals surface area contributed by atoms with Crippen LogP contribution in [0.2, 0.25) is 0 Å². The highest BCUT2D eigenvalue weighted by atomic mass is 16.3. The summed E-state index contributed by atoms with van der Waals surface area (Å²) in [6.45, 7) is 4.98. The summed E-state index contributed by atoms with van der Waals surface area (Å²) in [5, 5.41) is 10.3. The summed E-state index contributed by atoms with van der Waals surface area (Å²) in [5.74, 6) is 0.0511. The third kappa shape index (κ3) is 3.11. The van der Waals surface area contributed by atoms with Crippen LogP contribution >= 0.6 is 0 Å². The van der Waals surface area contributed by atoms with Gasteiger partial charge >= 0.3 is 0 Å². The number of nitrogens with zero attached hydrogens (tertiary/aromatic N) is 4. The van der Waals surface area contributed by atoms with Crippen LogP contribution in [0.1, 0.15) is 22.3 Å². The molecule has 0 radical (unpaired) electrons. The maximum atomic E-state index is 12.8. The number of hydrogen-bond acceptors (Lipinski definition) is 5. The zero-order valence-corrected chi connectivity index (χ0v) is 15.9. The second-order valence-corrected chi connectivity index (χ2v) is 8.48. The first-order valence-electron chi connectivity index (χ1n) is 10.0. The van der Waals surface area contributed by atoms with E-state index in [2.05, 4.69) is 39.0 Å². The summed E-state index contributed by atoms with van der Waals surface area (Å²) in [7, 11) is 0. The number of carbonyl (C=O) groups is 1. The van der Waals surface area contributed by atoms with Gasteiger partial charge in [-0.3, -0.25) is 19.6 Å². The minimum absolute atomic E-state index is 0.0486. The van der Waals surface area contributed by atoms with E-state index in [1.54, 1.807) is 18.5 Å². The summed E-state index contributed by atoms with van der Waals surface area (Å²) < 4.78 is 0. The van der Waals surface area contributed by atoms with Crippen LogP contribution in [0.5, 0.6) is 0 Å². The Morgan fingerprint density at radius 2 is 1.93 bits per heavy atom. The number of amides is 1. The second-order valence-electron chi connectivity index (χ2n) is 8.48. The molecule has 6 heteroatoms.